The molecule has 0 aliphatic rings. The average molecular weight is 468 g/mol. The van der Waals surface area contributed by atoms with Crippen LogP contribution in [-0.4, -0.2) is 24.5 Å². The molecule has 0 bridgehead atoms. The fourth-order valence-electron chi connectivity index (χ4n) is 3.38. The molecule has 0 radical (unpaired) electrons. The summed E-state index contributed by atoms with van der Waals surface area (Å²) >= 11 is 0. The molecular formula is C28H21NO4S. The van der Waals surface area contributed by atoms with Gasteiger partial charge >= 0.3 is 0 Å². The van der Waals surface area contributed by atoms with Crippen molar-refractivity contribution >= 4 is 44.8 Å². The predicted octanol–water partition coefficient (Wildman–Crippen LogP) is 5.31. The highest BCUT2D eigenvalue weighted by molar-refractivity contribution is 7.90. The van der Waals surface area contributed by atoms with Gasteiger partial charge in [0.2, 0.25) is 0 Å². The van der Waals surface area contributed by atoms with E-state index in [-0.39, 0.29) is 4.90 Å². The van der Waals surface area contributed by atoms with Crippen LogP contribution in [0.2, 0.25) is 0 Å². The lowest BCUT2D eigenvalue weighted by Crippen LogP contribution is -2.40. The maximum absolute atomic E-state index is 13.5. The zero-order valence-electron chi connectivity index (χ0n) is 18.1. The van der Waals surface area contributed by atoms with E-state index in [2.05, 4.69) is 0 Å². The van der Waals surface area contributed by atoms with Crippen molar-refractivity contribution in [2.75, 3.05) is 0 Å². The number of imide groups is 1. The van der Waals surface area contributed by atoms with Crippen LogP contribution < -0.4 is 0 Å². The summed E-state index contributed by atoms with van der Waals surface area (Å²) in [6, 6.07) is 29.7. The third-order valence-electron chi connectivity index (χ3n) is 5.10. The lowest BCUT2D eigenvalue weighted by atomic mass is 10.1. The Morgan fingerprint density at radius 1 is 0.588 bits per heavy atom. The van der Waals surface area contributed by atoms with Crippen molar-refractivity contribution < 1.29 is 18.0 Å². The molecule has 0 saturated carbocycles. The largest absolute Gasteiger partial charge is 0.273 e. The van der Waals surface area contributed by atoms with Crippen molar-refractivity contribution in [2.45, 2.75) is 4.90 Å². The Kier molecular flexibility index (Phi) is 6.80. The zero-order chi connectivity index (χ0) is 24.0. The first-order valence-corrected chi connectivity index (χ1v) is 12.0. The SMILES string of the molecule is O=C(/C=C/c1ccccc1)N(C(=O)/C=C/c1ccccc1)S(=O)(=O)c1ccc2ccccc2c1. The summed E-state index contributed by atoms with van der Waals surface area (Å²) in [5.74, 6) is -1.92. The fourth-order valence-corrected chi connectivity index (χ4v) is 4.70. The Hall–Kier alpha value is -4.29. The van der Waals surface area contributed by atoms with Gasteiger partial charge in [0.25, 0.3) is 21.8 Å². The molecule has 0 heterocycles. The number of hydrogen-bond donors (Lipinski definition) is 0. The summed E-state index contributed by atoms with van der Waals surface area (Å²) in [7, 11) is -4.47. The first kappa shape index (κ1) is 22.9. The molecule has 0 saturated heterocycles. The van der Waals surface area contributed by atoms with Gasteiger partial charge in [-0.2, -0.15) is 4.31 Å². The molecule has 4 aromatic rings. The van der Waals surface area contributed by atoms with Crippen LogP contribution in [-0.2, 0) is 19.6 Å². The molecule has 168 valence electrons. The molecule has 0 aromatic heterocycles. The summed E-state index contributed by atoms with van der Waals surface area (Å²) < 4.78 is 27.3. The third-order valence-corrected chi connectivity index (χ3v) is 6.79. The van der Waals surface area contributed by atoms with E-state index in [9.17, 15) is 18.0 Å². The Labute approximate surface area is 198 Å². The van der Waals surface area contributed by atoms with Gasteiger partial charge in [0.1, 0.15) is 0 Å². The molecule has 0 fully saturated rings. The number of carbonyl (C=O) groups excluding carboxylic acids is 2. The first-order valence-electron chi connectivity index (χ1n) is 10.5. The van der Waals surface area contributed by atoms with Crippen LogP contribution in [0.4, 0.5) is 0 Å². The number of hydrogen-bond acceptors (Lipinski definition) is 4. The highest BCUT2D eigenvalue weighted by atomic mass is 32.2. The van der Waals surface area contributed by atoms with Gasteiger partial charge in [0.05, 0.1) is 4.90 Å². The topological polar surface area (TPSA) is 71.5 Å². The second kappa shape index (κ2) is 10.1. The molecule has 0 aliphatic heterocycles. The van der Waals surface area contributed by atoms with E-state index in [1.54, 1.807) is 66.7 Å². The number of fused-ring (bicyclic) bond motifs is 1. The van der Waals surface area contributed by atoms with E-state index in [0.29, 0.717) is 20.8 Å². The summed E-state index contributed by atoms with van der Waals surface area (Å²) in [6.45, 7) is 0. The third kappa shape index (κ3) is 5.19. The molecule has 6 heteroatoms. The van der Waals surface area contributed by atoms with Crippen LogP contribution in [0, 0.1) is 0 Å². The van der Waals surface area contributed by atoms with E-state index in [4.69, 9.17) is 0 Å². The highest BCUT2D eigenvalue weighted by Gasteiger charge is 2.33. The molecule has 2 amide bonds. The molecule has 0 aliphatic carbocycles. The van der Waals surface area contributed by atoms with Crippen LogP contribution in [0.15, 0.2) is 120 Å². The van der Waals surface area contributed by atoms with E-state index < -0.39 is 21.8 Å². The van der Waals surface area contributed by atoms with Gasteiger partial charge in [-0.25, -0.2) is 8.42 Å². The molecular weight excluding hydrogens is 446 g/mol. The maximum atomic E-state index is 13.5. The second-order valence-electron chi connectivity index (χ2n) is 7.44. The fraction of sp³-hybridized carbons (Fsp3) is 0. The van der Waals surface area contributed by atoms with Crippen LogP contribution >= 0.6 is 0 Å². The first-order chi connectivity index (χ1) is 16.4. The van der Waals surface area contributed by atoms with Gasteiger partial charge in [-0.1, -0.05) is 91.0 Å². The molecule has 0 atom stereocenters. The number of rotatable bonds is 6. The summed E-state index contributed by atoms with van der Waals surface area (Å²) in [4.78, 5) is 26.0. The molecule has 0 spiro atoms. The Bertz CT molecular complexity index is 1430. The van der Waals surface area contributed by atoms with E-state index in [1.807, 2.05) is 24.3 Å². The summed E-state index contributed by atoms with van der Waals surface area (Å²) in [5, 5.41) is 1.53. The average Bonchev–Trinajstić information content (AvgIpc) is 2.87. The summed E-state index contributed by atoms with van der Waals surface area (Å²) in [5.41, 5.74) is 1.40. The maximum Gasteiger partial charge on any atom is 0.273 e. The second-order valence-corrected chi connectivity index (χ2v) is 9.23. The van der Waals surface area contributed by atoms with Crippen molar-refractivity contribution in [2.24, 2.45) is 0 Å². The zero-order valence-corrected chi connectivity index (χ0v) is 18.9. The van der Waals surface area contributed by atoms with Crippen LogP contribution in [0.25, 0.3) is 22.9 Å². The molecule has 0 unspecified atom stereocenters. The van der Waals surface area contributed by atoms with Crippen molar-refractivity contribution in [1.82, 2.24) is 4.31 Å². The number of nitrogens with zero attached hydrogens (tertiary/aromatic N) is 1. The highest BCUT2D eigenvalue weighted by Crippen LogP contribution is 2.23. The van der Waals surface area contributed by atoms with Crippen molar-refractivity contribution in [3.63, 3.8) is 0 Å². The van der Waals surface area contributed by atoms with E-state index in [0.717, 1.165) is 17.5 Å². The molecule has 5 nitrogen and oxygen atoms in total. The van der Waals surface area contributed by atoms with Crippen LogP contribution in [0.3, 0.4) is 0 Å². The number of sulfonamides is 1. The van der Waals surface area contributed by atoms with E-state index >= 15 is 0 Å². The van der Waals surface area contributed by atoms with Gasteiger partial charge < -0.3 is 0 Å². The quantitative estimate of drug-likeness (QED) is 0.360. The minimum Gasteiger partial charge on any atom is -0.268 e. The van der Waals surface area contributed by atoms with Crippen molar-refractivity contribution in [3.05, 3.63) is 126 Å². The standard InChI is InChI=1S/C28H21NO4S/c30-27(19-15-22-9-3-1-4-10-22)29(28(31)20-16-23-11-5-2-6-12-23)34(32,33)26-18-17-24-13-7-8-14-25(24)21-26/h1-21H/b19-15+,20-16+. The van der Waals surface area contributed by atoms with Crippen molar-refractivity contribution in [1.29, 1.82) is 0 Å². The monoisotopic (exact) mass is 467 g/mol. The lowest BCUT2D eigenvalue weighted by molar-refractivity contribution is -0.132. The minimum atomic E-state index is -4.47. The number of amides is 2. The van der Waals surface area contributed by atoms with Gasteiger partial charge in [-0.3, -0.25) is 9.59 Å². The molecule has 4 aromatic carbocycles. The predicted molar refractivity (Wildman–Crippen MR) is 134 cm³/mol. The van der Waals surface area contributed by atoms with Gasteiger partial charge in [0, 0.05) is 12.2 Å². The molecule has 0 N–H and O–H groups in total. The Morgan fingerprint density at radius 3 is 1.59 bits per heavy atom. The van der Waals surface area contributed by atoms with Gasteiger partial charge in [-0.05, 0) is 46.2 Å². The van der Waals surface area contributed by atoms with E-state index in [1.165, 1.54) is 24.3 Å². The molecule has 34 heavy (non-hydrogen) atoms. The Morgan fingerprint density at radius 2 is 1.06 bits per heavy atom. The number of carbonyl (C=O) groups is 2. The summed E-state index contributed by atoms with van der Waals surface area (Å²) in [6.07, 6.45) is 5.11. The van der Waals surface area contributed by atoms with Crippen LogP contribution in [0.5, 0.6) is 0 Å². The van der Waals surface area contributed by atoms with Gasteiger partial charge in [-0.15, -0.1) is 0 Å². The molecule has 4 rings (SSSR count). The van der Waals surface area contributed by atoms with Gasteiger partial charge in [0.15, 0.2) is 0 Å². The Balaban J connectivity index is 1.73. The number of benzene rings is 4. The smallest absolute Gasteiger partial charge is 0.268 e. The van der Waals surface area contributed by atoms with Crippen LogP contribution in [0.1, 0.15) is 11.1 Å². The lowest BCUT2D eigenvalue weighted by Gasteiger charge is -2.18. The normalized spacial score (nSPS) is 11.8. The minimum absolute atomic E-state index is 0.144. The van der Waals surface area contributed by atoms with Crippen molar-refractivity contribution in [3.8, 4) is 0 Å².